The second-order valence-electron chi connectivity index (χ2n) is 5.46. The van der Waals surface area contributed by atoms with Crippen LogP contribution in [0.3, 0.4) is 0 Å². The number of rotatable bonds is 3. The summed E-state index contributed by atoms with van der Waals surface area (Å²) in [7, 11) is 0. The summed E-state index contributed by atoms with van der Waals surface area (Å²) < 4.78 is 5.15. The van der Waals surface area contributed by atoms with Gasteiger partial charge in [0.2, 0.25) is 0 Å². The Morgan fingerprint density at radius 2 is 2.25 bits per heavy atom. The van der Waals surface area contributed by atoms with Crippen molar-refractivity contribution < 1.29 is 9.53 Å². The Hall–Kier alpha value is -2.30. The van der Waals surface area contributed by atoms with E-state index in [1.54, 1.807) is 6.20 Å². The van der Waals surface area contributed by atoms with Crippen molar-refractivity contribution in [2.45, 2.75) is 26.4 Å². The number of alkyl carbamates (subject to hydrolysis) is 1. The van der Waals surface area contributed by atoms with Crippen LogP contribution in [0.25, 0.3) is 17.0 Å². The lowest BCUT2D eigenvalue weighted by Gasteiger charge is -2.19. The van der Waals surface area contributed by atoms with Gasteiger partial charge in [-0.2, -0.15) is 5.10 Å². The molecule has 0 saturated carbocycles. The van der Waals surface area contributed by atoms with Gasteiger partial charge in [0.05, 0.1) is 11.7 Å². The lowest BCUT2D eigenvalue weighted by Crippen LogP contribution is -2.32. The van der Waals surface area contributed by atoms with E-state index in [0.29, 0.717) is 6.54 Å². The van der Waals surface area contributed by atoms with Gasteiger partial charge in [0.25, 0.3) is 0 Å². The number of ether oxygens (including phenoxy) is 1. The molecule has 0 aliphatic carbocycles. The first-order valence-corrected chi connectivity index (χ1v) is 6.51. The minimum Gasteiger partial charge on any atom is -0.444 e. The van der Waals surface area contributed by atoms with Crippen molar-refractivity contribution in [3.63, 3.8) is 0 Å². The molecule has 1 amide bonds. The highest BCUT2D eigenvalue weighted by Gasteiger charge is 2.14. The van der Waals surface area contributed by atoms with Crippen LogP contribution in [0.5, 0.6) is 0 Å². The van der Waals surface area contributed by atoms with Gasteiger partial charge in [0.15, 0.2) is 0 Å². The van der Waals surface area contributed by atoms with Gasteiger partial charge < -0.3 is 10.1 Å². The molecule has 2 N–H and O–H groups in total. The van der Waals surface area contributed by atoms with Gasteiger partial charge in [-0.3, -0.25) is 5.10 Å². The van der Waals surface area contributed by atoms with Crippen LogP contribution in [0, 0.1) is 0 Å². The van der Waals surface area contributed by atoms with E-state index >= 15 is 0 Å². The minimum atomic E-state index is -0.476. The molecule has 2 rings (SSSR count). The molecule has 5 heteroatoms. The third kappa shape index (κ3) is 3.85. The number of nitrogens with one attached hydrogen (secondary N) is 2. The Morgan fingerprint density at radius 1 is 1.45 bits per heavy atom. The van der Waals surface area contributed by atoms with Crippen molar-refractivity contribution >= 4 is 23.1 Å². The largest absolute Gasteiger partial charge is 0.444 e. The third-order valence-corrected chi connectivity index (χ3v) is 2.58. The van der Waals surface area contributed by atoms with Crippen molar-refractivity contribution in [1.82, 2.24) is 15.5 Å². The maximum Gasteiger partial charge on any atom is 0.407 e. The van der Waals surface area contributed by atoms with Gasteiger partial charge in [0, 0.05) is 11.9 Å². The molecule has 0 spiro atoms. The number of hydrogen-bond acceptors (Lipinski definition) is 3. The van der Waals surface area contributed by atoms with Crippen LogP contribution in [0.4, 0.5) is 4.79 Å². The van der Waals surface area contributed by atoms with Crippen LogP contribution >= 0.6 is 0 Å². The van der Waals surface area contributed by atoms with E-state index in [-0.39, 0.29) is 0 Å². The molecule has 5 nitrogen and oxygen atoms in total. The van der Waals surface area contributed by atoms with Gasteiger partial charge >= 0.3 is 6.09 Å². The van der Waals surface area contributed by atoms with E-state index in [2.05, 4.69) is 15.5 Å². The van der Waals surface area contributed by atoms with Crippen LogP contribution in [0.1, 0.15) is 26.3 Å². The van der Waals surface area contributed by atoms with Crippen LogP contribution in [-0.2, 0) is 4.74 Å². The van der Waals surface area contributed by atoms with E-state index in [1.807, 2.05) is 51.1 Å². The van der Waals surface area contributed by atoms with Crippen LogP contribution in [0.2, 0.25) is 0 Å². The zero-order valence-electron chi connectivity index (χ0n) is 11.9. The maximum absolute atomic E-state index is 11.5. The molecule has 0 unspecified atom stereocenters. The van der Waals surface area contributed by atoms with Crippen molar-refractivity contribution in [3.8, 4) is 0 Å². The number of fused-ring (bicyclic) bond motifs is 1. The van der Waals surface area contributed by atoms with Crippen LogP contribution in [-0.4, -0.2) is 28.4 Å². The monoisotopic (exact) mass is 273 g/mol. The van der Waals surface area contributed by atoms with Gasteiger partial charge in [-0.05, 0) is 32.4 Å². The quantitative estimate of drug-likeness (QED) is 0.903. The van der Waals surface area contributed by atoms with Gasteiger partial charge in [-0.15, -0.1) is 0 Å². The molecular formula is C15H19N3O2. The fourth-order valence-electron chi connectivity index (χ4n) is 1.78. The Labute approximate surface area is 118 Å². The molecule has 20 heavy (non-hydrogen) atoms. The highest BCUT2D eigenvalue weighted by molar-refractivity contribution is 5.87. The Bertz CT molecular complexity index is 623. The van der Waals surface area contributed by atoms with Gasteiger partial charge in [0.1, 0.15) is 5.60 Å². The zero-order chi connectivity index (χ0) is 14.6. The fraction of sp³-hybridized carbons (Fsp3) is 0.333. The summed E-state index contributed by atoms with van der Waals surface area (Å²) in [6, 6.07) is 5.93. The van der Waals surface area contributed by atoms with Crippen LogP contribution in [0.15, 0.2) is 30.5 Å². The van der Waals surface area contributed by atoms with Crippen LogP contribution < -0.4 is 5.32 Å². The predicted octanol–water partition coefficient (Wildman–Crippen LogP) is 3.10. The summed E-state index contributed by atoms with van der Waals surface area (Å²) in [5.74, 6) is 0. The number of carbonyl (C=O) groups excluding carboxylic acids is 1. The number of nitrogens with zero attached hydrogens (tertiary/aromatic N) is 1. The fourth-order valence-corrected chi connectivity index (χ4v) is 1.78. The zero-order valence-corrected chi connectivity index (χ0v) is 11.9. The molecular weight excluding hydrogens is 254 g/mol. The summed E-state index contributed by atoms with van der Waals surface area (Å²) in [5, 5.41) is 10.7. The van der Waals surface area contributed by atoms with Crippen molar-refractivity contribution in [2.75, 3.05) is 6.54 Å². The Morgan fingerprint density at radius 3 is 3.00 bits per heavy atom. The topological polar surface area (TPSA) is 67.0 Å². The molecule has 1 aromatic carbocycles. The van der Waals surface area contributed by atoms with Crippen molar-refractivity contribution in [1.29, 1.82) is 0 Å². The van der Waals surface area contributed by atoms with Crippen molar-refractivity contribution in [2.24, 2.45) is 0 Å². The first kappa shape index (κ1) is 14.1. The second kappa shape index (κ2) is 5.77. The lowest BCUT2D eigenvalue weighted by atomic mass is 10.1. The number of carbonyl (C=O) groups is 1. The second-order valence-corrected chi connectivity index (χ2v) is 5.46. The number of benzene rings is 1. The van der Waals surface area contributed by atoms with Gasteiger partial charge in [-0.25, -0.2) is 4.79 Å². The summed E-state index contributed by atoms with van der Waals surface area (Å²) in [6.07, 6.45) is 5.21. The minimum absolute atomic E-state index is 0.413. The molecule has 1 heterocycles. The number of aromatic amines is 1. The van der Waals surface area contributed by atoms with E-state index in [4.69, 9.17) is 4.74 Å². The highest BCUT2D eigenvalue weighted by atomic mass is 16.6. The molecule has 0 aliphatic heterocycles. The van der Waals surface area contributed by atoms with E-state index < -0.39 is 11.7 Å². The van der Waals surface area contributed by atoms with Gasteiger partial charge in [-0.1, -0.05) is 24.3 Å². The summed E-state index contributed by atoms with van der Waals surface area (Å²) >= 11 is 0. The van der Waals surface area contributed by atoms with Crippen molar-refractivity contribution in [3.05, 3.63) is 36.0 Å². The molecule has 106 valence electrons. The Balaban J connectivity index is 1.91. The van der Waals surface area contributed by atoms with E-state index in [1.165, 1.54) is 0 Å². The molecule has 2 aromatic rings. The number of hydrogen-bond donors (Lipinski definition) is 2. The molecule has 0 atom stereocenters. The first-order chi connectivity index (χ1) is 9.46. The molecule has 0 fully saturated rings. The first-order valence-electron chi connectivity index (χ1n) is 6.51. The third-order valence-electron chi connectivity index (χ3n) is 2.58. The van der Waals surface area contributed by atoms with E-state index in [9.17, 15) is 4.79 Å². The average Bonchev–Trinajstić information content (AvgIpc) is 2.81. The highest BCUT2D eigenvalue weighted by Crippen LogP contribution is 2.17. The predicted molar refractivity (Wildman–Crippen MR) is 79.4 cm³/mol. The summed E-state index contributed by atoms with van der Waals surface area (Å²) in [6.45, 7) is 5.93. The summed E-state index contributed by atoms with van der Waals surface area (Å²) in [5.41, 5.74) is 1.57. The lowest BCUT2D eigenvalue weighted by molar-refractivity contribution is 0.0534. The Kier molecular flexibility index (Phi) is 4.08. The molecule has 0 saturated heterocycles. The number of aromatic nitrogens is 2. The molecule has 1 aromatic heterocycles. The summed E-state index contributed by atoms with van der Waals surface area (Å²) in [4.78, 5) is 11.5. The normalized spacial score (nSPS) is 11.9. The van der Waals surface area contributed by atoms with E-state index in [0.717, 1.165) is 16.5 Å². The number of amides is 1. The SMILES string of the molecule is CC(C)(C)OC(=O)NCC=Cc1cccc2[nH]ncc12. The maximum atomic E-state index is 11.5. The standard InChI is InChI=1S/C15H19N3O2/c1-15(2,3)20-14(19)16-9-5-7-11-6-4-8-13-12(11)10-17-18-13/h4-8,10H,9H2,1-3H3,(H,16,19)(H,17,18). The molecule has 0 aliphatic rings. The smallest absolute Gasteiger partial charge is 0.407 e. The molecule has 0 bridgehead atoms. The molecule has 0 radical (unpaired) electrons. The number of H-pyrrole nitrogens is 1. The average molecular weight is 273 g/mol.